The number of nitrogens with zero attached hydrogens (tertiary/aromatic N) is 1. The molecular weight excluding hydrogens is 264 g/mol. The van der Waals surface area contributed by atoms with Crippen LogP contribution in [0.3, 0.4) is 0 Å². The second-order valence-electron chi connectivity index (χ2n) is 5.51. The van der Waals surface area contributed by atoms with Crippen molar-refractivity contribution in [1.29, 1.82) is 0 Å². The van der Waals surface area contributed by atoms with E-state index in [1.165, 1.54) is 0 Å². The van der Waals surface area contributed by atoms with Crippen LogP contribution in [0.15, 0.2) is 36.4 Å². The molecule has 0 saturated heterocycles. The van der Waals surface area contributed by atoms with Crippen molar-refractivity contribution in [2.75, 3.05) is 0 Å². The molecule has 1 amide bonds. The smallest absolute Gasteiger partial charge is 0.253 e. The zero-order chi connectivity index (χ0) is 15.0. The third-order valence-electron chi connectivity index (χ3n) is 3.96. The summed E-state index contributed by atoms with van der Waals surface area (Å²) in [6.45, 7) is 3.71. The maximum absolute atomic E-state index is 12.4. The van der Waals surface area contributed by atoms with Crippen LogP contribution in [0.4, 0.5) is 0 Å². The van der Waals surface area contributed by atoms with Gasteiger partial charge in [0.05, 0.1) is 23.4 Å². The summed E-state index contributed by atoms with van der Waals surface area (Å²) in [7, 11) is 0. The first-order valence-electron chi connectivity index (χ1n) is 7.07. The number of aromatic nitrogens is 1. The van der Waals surface area contributed by atoms with Gasteiger partial charge in [-0.25, -0.2) is 0 Å². The van der Waals surface area contributed by atoms with E-state index in [0.29, 0.717) is 17.7 Å². The van der Waals surface area contributed by atoms with Crippen LogP contribution < -0.4 is 5.32 Å². The van der Waals surface area contributed by atoms with E-state index in [1.54, 1.807) is 6.07 Å². The number of rotatable bonds is 2. The molecule has 1 heterocycles. The molecule has 3 rings (SSSR count). The van der Waals surface area contributed by atoms with Crippen molar-refractivity contribution in [2.24, 2.45) is 0 Å². The molecule has 1 aromatic heterocycles. The molecule has 0 radical (unpaired) electrons. The number of hydrogen-bond donors (Lipinski definition) is 2. The van der Waals surface area contributed by atoms with E-state index in [9.17, 15) is 9.90 Å². The number of aryl methyl sites for hydroxylation is 2. The Balaban J connectivity index is 1.85. The molecule has 0 aliphatic heterocycles. The van der Waals surface area contributed by atoms with Crippen molar-refractivity contribution in [3.05, 3.63) is 64.5 Å². The number of hydrogen-bond acceptors (Lipinski definition) is 3. The van der Waals surface area contributed by atoms with E-state index < -0.39 is 6.10 Å². The first-order chi connectivity index (χ1) is 10.1. The standard InChI is InChI=1S/C17H18N2O2/c1-10-7-8-13(11(2)18-10)17(21)19-16-14-6-4-3-5-12(14)9-15(16)20/h3-8,15-16,20H,9H2,1-2H3,(H,19,21). The van der Waals surface area contributed by atoms with Crippen molar-refractivity contribution in [3.8, 4) is 0 Å². The van der Waals surface area contributed by atoms with Gasteiger partial charge < -0.3 is 10.4 Å². The number of pyridine rings is 1. The molecule has 2 N–H and O–H groups in total. The fraction of sp³-hybridized carbons (Fsp3) is 0.294. The molecule has 108 valence electrons. The minimum absolute atomic E-state index is 0.194. The first kappa shape index (κ1) is 13.8. The Bertz CT molecular complexity index is 697. The molecule has 0 saturated carbocycles. The number of amides is 1. The molecule has 0 spiro atoms. The third-order valence-corrected chi connectivity index (χ3v) is 3.96. The summed E-state index contributed by atoms with van der Waals surface area (Å²) < 4.78 is 0. The lowest BCUT2D eigenvalue weighted by atomic mass is 10.1. The summed E-state index contributed by atoms with van der Waals surface area (Å²) in [5, 5.41) is 13.1. The average molecular weight is 282 g/mol. The number of carbonyl (C=O) groups is 1. The number of benzene rings is 1. The minimum atomic E-state index is -0.579. The first-order valence-corrected chi connectivity index (χ1v) is 7.07. The van der Waals surface area contributed by atoms with Crippen molar-refractivity contribution >= 4 is 5.91 Å². The predicted octanol–water partition coefficient (Wildman–Crippen LogP) is 2.09. The summed E-state index contributed by atoms with van der Waals surface area (Å²) in [5.74, 6) is -0.194. The normalized spacial score (nSPS) is 20.1. The Morgan fingerprint density at radius 2 is 2.00 bits per heavy atom. The zero-order valence-corrected chi connectivity index (χ0v) is 12.1. The molecule has 1 aliphatic carbocycles. The number of aliphatic hydroxyl groups is 1. The fourth-order valence-corrected chi connectivity index (χ4v) is 2.89. The maximum Gasteiger partial charge on any atom is 0.253 e. The van der Waals surface area contributed by atoms with Gasteiger partial charge in [0.25, 0.3) is 5.91 Å². The molecular formula is C17H18N2O2. The summed E-state index contributed by atoms with van der Waals surface area (Å²) in [6.07, 6.45) is -0.00300. The van der Waals surface area contributed by atoms with Crippen LogP contribution >= 0.6 is 0 Å². The molecule has 4 nitrogen and oxygen atoms in total. The van der Waals surface area contributed by atoms with Crippen LogP contribution in [0, 0.1) is 13.8 Å². The lowest BCUT2D eigenvalue weighted by Gasteiger charge is -2.18. The predicted molar refractivity (Wildman–Crippen MR) is 80.1 cm³/mol. The molecule has 2 aromatic rings. The Kier molecular flexibility index (Phi) is 3.47. The molecule has 21 heavy (non-hydrogen) atoms. The van der Waals surface area contributed by atoms with Crippen LogP contribution in [-0.4, -0.2) is 22.1 Å². The number of carbonyl (C=O) groups excluding carboxylic acids is 1. The lowest BCUT2D eigenvalue weighted by Crippen LogP contribution is -2.34. The topological polar surface area (TPSA) is 62.2 Å². The van der Waals surface area contributed by atoms with Gasteiger partial charge in [0.1, 0.15) is 0 Å². The van der Waals surface area contributed by atoms with Gasteiger partial charge in [-0.3, -0.25) is 9.78 Å². The van der Waals surface area contributed by atoms with Gasteiger partial charge in [-0.05, 0) is 37.1 Å². The van der Waals surface area contributed by atoms with Gasteiger partial charge in [0, 0.05) is 12.1 Å². The monoisotopic (exact) mass is 282 g/mol. The van der Waals surface area contributed by atoms with Crippen LogP contribution in [0.25, 0.3) is 0 Å². The van der Waals surface area contributed by atoms with Crippen molar-refractivity contribution in [2.45, 2.75) is 32.4 Å². The summed E-state index contributed by atoms with van der Waals surface area (Å²) in [5.41, 5.74) is 4.23. The Morgan fingerprint density at radius 1 is 1.24 bits per heavy atom. The van der Waals surface area contributed by atoms with Crippen LogP contribution in [0.1, 0.15) is 38.9 Å². The largest absolute Gasteiger partial charge is 0.390 e. The highest BCUT2D eigenvalue weighted by Gasteiger charge is 2.32. The van der Waals surface area contributed by atoms with Gasteiger partial charge in [0.2, 0.25) is 0 Å². The third kappa shape index (κ3) is 2.54. The number of aliphatic hydroxyl groups excluding tert-OH is 1. The molecule has 0 fully saturated rings. The summed E-state index contributed by atoms with van der Waals surface area (Å²) in [4.78, 5) is 16.7. The van der Waals surface area contributed by atoms with E-state index in [1.807, 2.05) is 44.2 Å². The lowest BCUT2D eigenvalue weighted by molar-refractivity contribution is 0.0857. The van der Waals surface area contributed by atoms with E-state index in [-0.39, 0.29) is 11.9 Å². The zero-order valence-electron chi connectivity index (χ0n) is 12.1. The maximum atomic E-state index is 12.4. The molecule has 0 bridgehead atoms. The highest BCUT2D eigenvalue weighted by atomic mass is 16.3. The fourth-order valence-electron chi connectivity index (χ4n) is 2.89. The van der Waals surface area contributed by atoms with Crippen LogP contribution in [0.2, 0.25) is 0 Å². The Morgan fingerprint density at radius 3 is 2.76 bits per heavy atom. The molecule has 4 heteroatoms. The van der Waals surface area contributed by atoms with E-state index in [4.69, 9.17) is 0 Å². The minimum Gasteiger partial charge on any atom is -0.390 e. The van der Waals surface area contributed by atoms with Crippen LogP contribution in [-0.2, 0) is 6.42 Å². The van der Waals surface area contributed by atoms with Crippen LogP contribution in [0.5, 0.6) is 0 Å². The molecule has 2 atom stereocenters. The van der Waals surface area contributed by atoms with Gasteiger partial charge in [-0.2, -0.15) is 0 Å². The molecule has 1 aromatic carbocycles. The summed E-state index contributed by atoms with van der Waals surface area (Å²) >= 11 is 0. The molecule has 2 unspecified atom stereocenters. The second kappa shape index (κ2) is 5.30. The van der Waals surface area contributed by atoms with Gasteiger partial charge in [-0.15, -0.1) is 0 Å². The molecule has 1 aliphatic rings. The Hall–Kier alpha value is -2.20. The number of fused-ring (bicyclic) bond motifs is 1. The SMILES string of the molecule is Cc1ccc(C(=O)NC2c3ccccc3CC2O)c(C)n1. The van der Waals surface area contributed by atoms with E-state index in [2.05, 4.69) is 10.3 Å². The summed E-state index contributed by atoms with van der Waals surface area (Å²) in [6, 6.07) is 11.1. The van der Waals surface area contributed by atoms with E-state index in [0.717, 1.165) is 16.8 Å². The quantitative estimate of drug-likeness (QED) is 0.886. The Labute approximate surface area is 123 Å². The van der Waals surface area contributed by atoms with Gasteiger partial charge >= 0.3 is 0 Å². The highest BCUT2D eigenvalue weighted by molar-refractivity contribution is 5.95. The van der Waals surface area contributed by atoms with E-state index >= 15 is 0 Å². The van der Waals surface area contributed by atoms with Crippen molar-refractivity contribution in [1.82, 2.24) is 10.3 Å². The van der Waals surface area contributed by atoms with Gasteiger partial charge in [0.15, 0.2) is 0 Å². The average Bonchev–Trinajstić information content (AvgIpc) is 2.75. The van der Waals surface area contributed by atoms with Crippen molar-refractivity contribution in [3.63, 3.8) is 0 Å². The number of nitrogens with one attached hydrogen (secondary N) is 1. The van der Waals surface area contributed by atoms with Gasteiger partial charge in [-0.1, -0.05) is 24.3 Å². The van der Waals surface area contributed by atoms with Crippen molar-refractivity contribution < 1.29 is 9.90 Å². The second-order valence-corrected chi connectivity index (χ2v) is 5.51. The highest BCUT2D eigenvalue weighted by Crippen LogP contribution is 2.31.